The van der Waals surface area contributed by atoms with Crippen LogP contribution in [0.3, 0.4) is 0 Å². The van der Waals surface area contributed by atoms with E-state index in [-0.39, 0.29) is 5.84 Å². The SMILES string of the molecule is Cc1ccc(N2CCCCC2)c(/C(N)=N/O)c1. The van der Waals surface area contributed by atoms with Gasteiger partial charge in [0.25, 0.3) is 0 Å². The monoisotopic (exact) mass is 233 g/mol. The van der Waals surface area contributed by atoms with Crippen LogP contribution in [0, 0.1) is 6.92 Å². The van der Waals surface area contributed by atoms with Crippen molar-refractivity contribution >= 4 is 11.5 Å². The fourth-order valence-electron chi connectivity index (χ4n) is 2.32. The van der Waals surface area contributed by atoms with Crippen LogP contribution < -0.4 is 10.6 Å². The summed E-state index contributed by atoms with van der Waals surface area (Å²) in [6.45, 7) is 4.11. The molecule has 0 amide bonds. The Balaban J connectivity index is 2.37. The van der Waals surface area contributed by atoms with E-state index in [9.17, 15) is 0 Å². The zero-order chi connectivity index (χ0) is 12.3. The van der Waals surface area contributed by atoms with Gasteiger partial charge in [0.15, 0.2) is 5.84 Å². The first kappa shape index (κ1) is 11.8. The van der Waals surface area contributed by atoms with Crippen molar-refractivity contribution in [2.24, 2.45) is 10.9 Å². The fourth-order valence-corrected chi connectivity index (χ4v) is 2.32. The van der Waals surface area contributed by atoms with Crippen LogP contribution in [0.15, 0.2) is 23.4 Å². The summed E-state index contributed by atoms with van der Waals surface area (Å²) in [5, 5.41) is 12.0. The standard InChI is InChI=1S/C13H19N3O/c1-10-5-6-12(11(9-10)13(14)15-17)16-7-3-2-4-8-16/h5-6,9,17H,2-4,7-8H2,1H3,(H2,14,15). The highest BCUT2D eigenvalue weighted by molar-refractivity contribution is 6.02. The number of benzene rings is 1. The minimum Gasteiger partial charge on any atom is -0.409 e. The Hall–Kier alpha value is -1.71. The second-order valence-corrected chi connectivity index (χ2v) is 4.55. The van der Waals surface area contributed by atoms with Crippen molar-refractivity contribution in [2.45, 2.75) is 26.2 Å². The van der Waals surface area contributed by atoms with Crippen LogP contribution in [-0.2, 0) is 0 Å². The van der Waals surface area contributed by atoms with E-state index < -0.39 is 0 Å². The molecular formula is C13H19N3O. The van der Waals surface area contributed by atoms with Gasteiger partial charge in [-0.15, -0.1) is 0 Å². The van der Waals surface area contributed by atoms with Gasteiger partial charge in [-0.05, 0) is 38.3 Å². The van der Waals surface area contributed by atoms with E-state index in [4.69, 9.17) is 10.9 Å². The number of aryl methyl sites for hydroxylation is 1. The topological polar surface area (TPSA) is 61.8 Å². The molecule has 1 aromatic rings. The van der Waals surface area contributed by atoms with Crippen LogP contribution in [0.4, 0.5) is 5.69 Å². The molecule has 17 heavy (non-hydrogen) atoms. The largest absolute Gasteiger partial charge is 0.409 e. The van der Waals surface area contributed by atoms with Crippen molar-refractivity contribution in [3.8, 4) is 0 Å². The zero-order valence-corrected chi connectivity index (χ0v) is 10.2. The number of anilines is 1. The molecule has 1 heterocycles. The van der Waals surface area contributed by atoms with Crippen LogP contribution in [0.1, 0.15) is 30.4 Å². The lowest BCUT2D eigenvalue weighted by Gasteiger charge is -2.30. The molecule has 0 radical (unpaired) electrons. The van der Waals surface area contributed by atoms with Crippen LogP contribution in [0.2, 0.25) is 0 Å². The van der Waals surface area contributed by atoms with E-state index in [1.165, 1.54) is 19.3 Å². The highest BCUT2D eigenvalue weighted by atomic mass is 16.4. The van der Waals surface area contributed by atoms with Gasteiger partial charge in [-0.2, -0.15) is 0 Å². The summed E-state index contributed by atoms with van der Waals surface area (Å²) in [6, 6.07) is 6.10. The van der Waals surface area contributed by atoms with Crippen molar-refractivity contribution in [2.75, 3.05) is 18.0 Å². The van der Waals surface area contributed by atoms with Gasteiger partial charge in [0.2, 0.25) is 0 Å². The molecule has 1 fully saturated rings. The van der Waals surface area contributed by atoms with E-state index in [1.54, 1.807) is 0 Å². The normalized spacial score (nSPS) is 17.2. The Kier molecular flexibility index (Phi) is 3.52. The van der Waals surface area contributed by atoms with Crippen molar-refractivity contribution in [3.05, 3.63) is 29.3 Å². The average Bonchev–Trinajstić information content (AvgIpc) is 2.38. The molecule has 0 aliphatic carbocycles. The van der Waals surface area contributed by atoms with Gasteiger partial charge in [0, 0.05) is 24.3 Å². The molecule has 1 saturated heterocycles. The Bertz CT molecular complexity index is 423. The summed E-state index contributed by atoms with van der Waals surface area (Å²) in [7, 11) is 0. The van der Waals surface area contributed by atoms with Crippen molar-refractivity contribution in [1.82, 2.24) is 0 Å². The third-order valence-corrected chi connectivity index (χ3v) is 3.23. The number of hydrogen-bond acceptors (Lipinski definition) is 3. The second-order valence-electron chi connectivity index (χ2n) is 4.55. The molecule has 3 N–H and O–H groups in total. The summed E-state index contributed by atoms with van der Waals surface area (Å²) in [5.41, 5.74) is 8.76. The predicted octanol–water partition coefficient (Wildman–Crippen LogP) is 2.08. The molecule has 0 atom stereocenters. The molecule has 1 aromatic carbocycles. The summed E-state index contributed by atoms with van der Waals surface area (Å²) < 4.78 is 0. The molecule has 4 heteroatoms. The summed E-state index contributed by atoms with van der Waals surface area (Å²) in [6.07, 6.45) is 3.72. The number of nitrogens with zero attached hydrogens (tertiary/aromatic N) is 2. The molecule has 1 aliphatic heterocycles. The highest BCUT2D eigenvalue weighted by Gasteiger charge is 2.16. The average molecular weight is 233 g/mol. The third-order valence-electron chi connectivity index (χ3n) is 3.23. The number of amidine groups is 1. The maximum absolute atomic E-state index is 8.85. The van der Waals surface area contributed by atoms with Crippen LogP contribution in [-0.4, -0.2) is 24.1 Å². The van der Waals surface area contributed by atoms with Crippen LogP contribution in [0.5, 0.6) is 0 Å². The van der Waals surface area contributed by atoms with Gasteiger partial charge < -0.3 is 15.8 Å². The number of oxime groups is 1. The minimum atomic E-state index is 0.189. The van der Waals surface area contributed by atoms with E-state index in [0.717, 1.165) is 29.9 Å². The minimum absolute atomic E-state index is 0.189. The maximum Gasteiger partial charge on any atom is 0.172 e. The van der Waals surface area contributed by atoms with E-state index in [0.29, 0.717) is 0 Å². The summed E-state index contributed by atoms with van der Waals surface area (Å²) >= 11 is 0. The lowest BCUT2D eigenvalue weighted by molar-refractivity contribution is 0.318. The van der Waals surface area contributed by atoms with Crippen molar-refractivity contribution < 1.29 is 5.21 Å². The third kappa shape index (κ3) is 2.52. The Morgan fingerprint density at radius 2 is 2.00 bits per heavy atom. The number of hydrogen-bond donors (Lipinski definition) is 2. The molecular weight excluding hydrogens is 214 g/mol. The predicted molar refractivity (Wildman–Crippen MR) is 69.8 cm³/mol. The second kappa shape index (κ2) is 5.08. The van der Waals surface area contributed by atoms with Gasteiger partial charge in [0.05, 0.1) is 0 Å². The van der Waals surface area contributed by atoms with Gasteiger partial charge in [-0.1, -0.05) is 16.8 Å². The van der Waals surface area contributed by atoms with E-state index >= 15 is 0 Å². The molecule has 0 unspecified atom stereocenters. The lowest BCUT2D eigenvalue weighted by Crippen LogP contribution is -2.31. The van der Waals surface area contributed by atoms with Crippen molar-refractivity contribution in [1.29, 1.82) is 0 Å². The van der Waals surface area contributed by atoms with Gasteiger partial charge in [-0.25, -0.2) is 0 Å². The molecule has 1 aliphatic rings. The Labute approximate surface area is 102 Å². The molecule has 0 spiro atoms. The van der Waals surface area contributed by atoms with Crippen LogP contribution in [0.25, 0.3) is 0 Å². The quantitative estimate of drug-likeness (QED) is 0.356. The first-order chi connectivity index (χ1) is 8.22. The van der Waals surface area contributed by atoms with Crippen LogP contribution >= 0.6 is 0 Å². The molecule has 0 bridgehead atoms. The zero-order valence-electron chi connectivity index (χ0n) is 10.2. The van der Waals surface area contributed by atoms with Gasteiger partial charge in [-0.3, -0.25) is 0 Å². The Morgan fingerprint density at radius 3 is 2.65 bits per heavy atom. The molecule has 0 aromatic heterocycles. The molecule has 0 saturated carbocycles. The van der Waals surface area contributed by atoms with Gasteiger partial charge >= 0.3 is 0 Å². The lowest BCUT2D eigenvalue weighted by atomic mass is 10.0. The molecule has 2 rings (SSSR count). The molecule has 4 nitrogen and oxygen atoms in total. The first-order valence-corrected chi connectivity index (χ1v) is 6.06. The summed E-state index contributed by atoms with van der Waals surface area (Å²) in [5.74, 6) is 0.189. The number of rotatable bonds is 2. The maximum atomic E-state index is 8.85. The van der Waals surface area contributed by atoms with E-state index in [1.807, 2.05) is 13.0 Å². The smallest absolute Gasteiger partial charge is 0.172 e. The number of piperidine rings is 1. The fraction of sp³-hybridized carbons (Fsp3) is 0.462. The Morgan fingerprint density at radius 1 is 1.29 bits per heavy atom. The first-order valence-electron chi connectivity index (χ1n) is 6.06. The van der Waals surface area contributed by atoms with Gasteiger partial charge in [0.1, 0.15) is 0 Å². The highest BCUT2D eigenvalue weighted by Crippen LogP contribution is 2.25. The molecule has 92 valence electrons. The summed E-state index contributed by atoms with van der Waals surface area (Å²) in [4.78, 5) is 2.32. The number of nitrogens with two attached hydrogens (primary N) is 1. The van der Waals surface area contributed by atoms with Crippen molar-refractivity contribution in [3.63, 3.8) is 0 Å². The van der Waals surface area contributed by atoms with E-state index in [2.05, 4.69) is 22.2 Å².